The van der Waals surface area contributed by atoms with Crippen LogP contribution in [0.4, 0.5) is 0 Å². The van der Waals surface area contributed by atoms with Crippen LogP contribution in [0.1, 0.15) is 29.3 Å². The van der Waals surface area contributed by atoms with Gasteiger partial charge in [0.1, 0.15) is 5.75 Å². The summed E-state index contributed by atoms with van der Waals surface area (Å²) in [6.45, 7) is 5.52. The van der Waals surface area contributed by atoms with Crippen molar-refractivity contribution in [3.63, 3.8) is 0 Å². The first kappa shape index (κ1) is 13.6. The van der Waals surface area contributed by atoms with Crippen molar-refractivity contribution < 1.29 is 5.11 Å². The standard InChI is InChI=1S/C16H20N2O/c1-3-13-5-4-8-18-15(13)11-17-10-14-9-12(2)6-7-16(14)19/h4-9,17,19H,3,10-11H2,1-2H3. The summed E-state index contributed by atoms with van der Waals surface area (Å²) in [6, 6.07) is 9.72. The smallest absolute Gasteiger partial charge is 0.120 e. The van der Waals surface area contributed by atoms with Crippen molar-refractivity contribution in [2.24, 2.45) is 0 Å². The van der Waals surface area contributed by atoms with Crippen LogP contribution in [0.3, 0.4) is 0 Å². The SMILES string of the molecule is CCc1cccnc1CNCc1cc(C)ccc1O. The lowest BCUT2D eigenvalue weighted by atomic mass is 10.1. The summed E-state index contributed by atoms with van der Waals surface area (Å²) in [5, 5.41) is 13.1. The first-order valence-corrected chi connectivity index (χ1v) is 6.62. The molecule has 0 unspecified atom stereocenters. The molecule has 1 heterocycles. The molecule has 0 saturated carbocycles. The number of phenols is 1. The molecule has 0 atom stereocenters. The maximum Gasteiger partial charge on any atom is 0.120 e. The molecule has 0 spiro atoms. The molecule has 0 saturated heterocycles. The normalized spacial score (nSPS) is 10.6. The van der Waals surface area contributed by atoms with Gasteiger partial charge < -0.3 is 10.4 Å². The van der Waals surface area contributed by atoms with E-state index in [0.29, 0.717) is 12.3 Å². The van der Waals surface area contributed by atoms with Gasteiger partial charge in [-0.3, -0.25) is 4.98 Å². The van der Waals surface area contributed by atoms with Crippen molar-refractivity contribution in [1.82, 2.24) is 10.3 Å². The number of rotatable bonds is 5. The minimum absolute atomic E-state index is 0.342. The summed E-state index contributed by atoms with van der Waals surface area (Å²) in [5.74, 6) is 0.342. The molecule has 19 heavy (non-hydrogen) atoms. The third-order valence-corrected chi connectivity index (χ3v) is 3.21. The van der Waals surface area contributed by atoms with Crippen molar-refractivity contribution >= 4 is 0 Å². The molecule has 0 aliphatic heterocycles. The van der Waals surface area contributed by atoms with Gasteiger partial charge >= 0.3 is 0 Å². The molecular formula is C16H20N2O. The van der Waals surface area contributed by atoms with Gasteiger partial charge in [-0.25, -0.2) is 0 Å². The van der Waals surface area contributed by atoms with Crippen LogP contribution in [0.15, 0.2) is 36.5 Å². The fourth-order valence-corrected chi connectivity index (χ4v) is 2.12. The van der Waals surface area contributed by atoms with Crippen LogP contribution in [0, 0.1) is 6.92 Å². The largest absolute Gasteiger partial charge is 0.508 e. The molecule has 2 aromatic rings. The number of aromatic nitrogens is 1. The van der Waals surface area contributed by atoms with Gasteiger partial charge in [0.05, 0.1) is 5.69 Å². The molecule has 2 N–H and O–H groups in total. The quantitative estimate of drug-likeness (QED) is 0.864. The van der Waals surface area contributed by atoms with E-state index in [-0.39, 0.29) is 0 Å². The van der Waals surface area contributed by atoms with E-state index < -0.39 is 0 Å². The van der Waals surface area contributed by atoms with Gasteiger partial charge in [0.2, 0.25) is 0 Å². The van der Waals surface area contributed by atoms with Crippen molar-refractivity contribution in [1.29, 1.82) is 0 Å². The summed E-state index contributed by atoms with van der Waals surface area (Å²) in [4.78, 5) is 4.40. The fraction of sp³-hybridized carbons (Fsp3) is 0.312. The number of pyridine rings is 1. The first-order chi connectivity index (χ1) is 9.20. The molecule has 0 fully saturated rings. The average molecular weight is 256 g/mol. The van der Waals surface area contributed by atoms with Gasteiger partial charge in [-0.15, -0.1) is 0 Å². The van der Waals surface area contributed by atoms with E-state index >= 15 is 0 Å². The van der Waals surface area contributed by atoms with Crippen LogP contribution >= 0.6 is 0 Å². The Morgan fingerprint density at radius 1 is 1.16 bits per heavy atom. The maximum absolute atomic E-state index is 9.78. The number of benzene rings is 1. The summed E-state index contributed by atoms with van der Waals surface area (Å²) < 4.78 is 0. The van der Waals surface area contributed by atoms with Gasteiger partial charge in [0, 0.05) is 24.8 Å². The van der Waals surface area contributed by atoms with Crippen molar-refractivity contribution in [3.8, 4) is 5.75 Å². The zero-order valence-corrected chi connectivity index (χ0v) is 11.5. The second kappa shape index (κ2) is 6.34. The van der Waals surface area contributed by atoms with Crippen molar-refractivity contribution in [2.45, 2.75) is 33.4 Å². The molecule has 3 heteroatoms. The molecule has 0 aliphatic carbocycles. The van der Waals surface area contributed by atoms with E-state index in [1.165, 1.54) is 5.56 Å². The molecule has 0 radical (unpaired) electrons. The Hall–Kier alpha value is -1.87. The number of hydrogen-bond acceptors (Lipinski definition) is 3. The van der Waals surface area contributed by atoms with Crippen LogP contribution in [0.5, 0.6) is 5.75 Å². The Morgan fingerprint density at radius 2 is 2.00 bits per heavy atom. The molecule has 0 aliphatic rings. The molecule has 0 bridgehead atoms. The summed E-state index contributed by atoms with van der Waals surface area (Å²) >= 11 is 0. The zero-order valence-electron chi connectivity index (χ0n) is 11.5. The fourth-order valence-electron chi connectivity index (χ4n) is 2.12. The predicted molar refractivity (Wildman–Crippen MR) is 77.0 cm³/mol. The van der Waals surface area contributed by atoms with Crippen LogP contribution in [-0.4, -0.2) is 10.1 Å². The third kappa shape index (κ3) is 3.55. The lowest BCUT2D eigenvalue weighted by Gasteiger charge is -2.09. The van der Waals surface area contributed by atoms with E-state index in [1.807, 2.05) is 31.3 Å². The molecular weight excluding hydrogens is 236 g/mol. The van der Waals surface area contributed by atoms with Crippen molar-refractivity contribution in [3.05, 3.63) is 58.9 Å². The highest BCUT2D eigenvalue weighted by Gasteiger charge is 2.03. The highest BCUT2D eigenvalue weighted by Crippen LogP contribution is 2.18. The topological polar surface area (TPSA) is 45.2 Å². The minimum atomic E-state index is 0.342. The summed E-state index contributed by atoms with van der Waals surface area (Å²) in [7, 11) is 0. The van der Waals surface area contributed by atoms with Crippen LogP contribution in [0.2, 0.25) is 0 Å². The van der Waals surface area contributed by atoms with Crippen molar-refractivity contribution in [2.75, 3.05) is 0 Å². The zero-order chi connectivity index (χ0) is 13.7. The molecule has 2 rings (SSSR count). The Morgan fingerprint density at radius 3 is 2.79 bits per heavy atom. The third-order valence-electron chi connectivity index (χ3n) is 3.21. The van der Waals surface area contributed by atoms with Crippen LogP contribution in [-0.2, 0) is 19.5 Å². The van der Waals surface area contributed by atoms with Gasteiger partial charge in [-0.2, -0.15) is 0 Å². The molecule has 1 aromatic carbocycles. The maximum atomic E-state index is 9.78. The number of aryl methyl sites for hydroxylation is 2. The van der Waals surface area contributed by atoms with Gasteiger partial charge in [-0.1, -0.05) is 30.7 Å². The Labute approximate surface area is 114 Å². The van der Waals surface area contributed by atoms with E-state index in [4.69, 9.17) is 0 Å². The lowest BCUT2D eigenvalue weighted by molar-refractivity contribution is 0.464. The highest BCUT2D eigenvalue weighted by atomic mass is 16.3. The van der Waals surface area contributed by atoms with Crippen LogP contribution in [0.25, 0.3) is 0 Å². The Kier molecular flexibility index (Phi) is 4.53. The number of nitrogens with one attached hydrogen (secondary N) is 1. The second-order valence-electron chi connectivity index (χ2n) is 4.70. The lowest BCUT2D eigenvalue weighted by Crippen LogP contribution is -2.15. The molecule has 100 valence electrons. The van der Waals surface area contributed by atoms with E-state index in [2.05, 4.69) is 23.3 Å². The predicted octanol–water partition coefficient (Wildman–Crippen LogP) is 2.95. The van der Waals surface area contributed by atoms with Crippen LogP contribution < -0.4 is 5.32 Å². The Bertz CT molecular complexity index is 552. The highest BCUT2D eigenvalue weighted by molar-refractivity contribution is 5.35. The summed E-state index contributed by atoms with van der Waals surface area (Å²) in [6.07, 6.45) is 2.81. The van der Waals surface area contributed by atoms with Gasteiger partial charge in [0.15, 0.2) is 0 Å². The van der Waals surface area contributed by atoms with E-state index in [9.17, 15) is 5.11 Å². The first-order valence-electron chi connectivity index (χ1n) is 6.62. The number of aromatic hydroxyl groups is 1. The van der Waals surface area contributed by atoms with E-state index in [1.54, 1.807) is 6.07 Å². The molecule has 1 aromatic heterocycles. The number of nitrogens with zero attached hydrogens (tertiary/aromatic N) is 1. The second-order valence-corrected chi connectivity index (χ2v) is 4.70. The monoisotopic (exact) mass is 256 g/mol. The van der Waals surface area contributed by atoms with E-state index in [0.717, 1.165) is 29.8 Å². The number of phenolic OH excluding ortho intramolecular Hbond substituents is 1. The van der Waals surface area contributed by atoms with Gasteiger partial charge in [0.25, 0.3) is 0 Å². The van der Waals surface area contributed by atoms with Gasteiger partial charge in [-0.05, 0) is 31.0 Å². The molecule has 0 amide bonds. The number of hydrogen-bond donors (Lipinski definition) is 2. The Balaban J connectivity index is 1.98. The average Bonchev–Trinajstić information content (AvgIpc) is 2.43. The molecule has 3 nitrogen and oxygen atoms in total. The minimum Gasteiger partial charge on any atom is -0.508 e. The summed E-state index contributed by atoms with van der Waals surface area (Å²) in [5.41, 5.74) is 4.43.